The largest absolute Gasteiger partial charge is 0.509 e. The van der Waals surface area contributed by atoms with Crippen molar-refractivity contribution in [2.24, 2.45) is 0 Å². The van der Waals surface area contributed by atoms with Crippen LogP contribution in [-0.2, 0) is 43.7 Å². The molecule has 12 rings (SSSR count). The Morgan fingerprint density at radius 1 is 0.507 bits per heavy atom. The molecule has 366 valence electrons. The second-order valence-corrected chi connectivity index (χ2v) is 22.6. The molecule has 5 nitrogen and oxygen atoms in total. The number of rotatable bonds is 7. The van der Waals surface area contributed by atoms with E-state index in [1.54, 1.807) is 0 Å². The zero-order valence-electron chi connectivity index (χ0n) is 43.0. The molecule has 0 radical (unpaired) electrons. The minimum atomic E-state index is -0.0596. The van der Waals surface area contributed by atoms with Crippen LogP contribution in [0.5, 0.6) is 11.5 Å². The molecule has 6 heteroatoms. The van der Waals surface area contributed by atoms with Crippen molar-refractivity contribution in [3.8, 4) is 50.7 Å². The molecule has 0 N–H and O–H groups in total. The van der Waals surface area contributed by atoms with Crippen molar-refractivity contribution >= 4 is 44.6 Å². The fraction of sp³-hybridized carbons (Fsp3) is 0.194. The van der Waals surface area contributed by atoms with E-state index >= 15 is 0 Å². The zero-order chi connectivity index (χ0) is 49.7. The topological polar surface area (TPSA) is 33.5 Å². The SMILES string of the molecule is CC(C)(C)c1cc(-c2cccc(-c3ccccc3)c2N2[CH-]N(c3[c-]c(Oc4[c-]c5c(cc4)c4ccc6c(c4n5-c4cc(C(C)(C)C)ccn4)-c4ccccc4C6)ccc3)c3ccccc32)cc(C(C)(C)C)c1.[Pt]. The molecule has 8 aromatic carbocycles. The van der Waals surface area contributed by atoms with E-state index in [1.807, 2.05) is 24.4 Å². The van der Waals surface area contributed by atoms with Gasteiger partial charge in [0.05, 0.1) is 0 Å². The molecule has 73 heavy (non-hydrogen) atoms. The van der Waals surface area contributed by atoms with Gasteiger partial charge in [-0.05, 0) is 96.8 Å². The van der Waals surface area contributed by atoms with E-state index in [0.29, 0.717) is 11.5 Å². The number of fused-ring (bicyclic) bond motifs is 8. The van der Waals surface area contributed by atoms with Crippen LogP contribution in [0.15, 0.2) is 176 Å². The quantitative estimate of drug-likeness (QED) is 0.149. The monoisotopic (exact) mass is 1130 g/mol. The maximum atomic E-state index is 6.83. The maximum Gasteiger partial charge on any atom is 0.135 e. The number of anilines is 4. The summed E-state index contributed by atoms with van der Waals surface area (Å²) in [6.07, 6.45) is 2.85. The average molecular weight is 1130 g/mol. The summed E-state index contributed by atoms with van der Waals surface area (Å²) in [6, 6.07) is 68.9. The van der Waals surface area contributed by atoms with Crippen molar-refractivity contribution in [1.82, 2.24) is 9.55 Å². The van der Waals surface area contributed by atoms with Gasteiger partial charge in [-0.2, -0.15) is 12.1 Å². The van der Waals surface area contributed by atoms with E-state index in [1.165, 1.54) is 55.5 Å². The Morgan fingerprint density at radius 2 is 1.12 bits per heavy atom. The summed E-state index contributed by atoms with van der Waals surface area (Å²) in [7, 11) is 0. The number of aromatic nitrogens is 2. The van der Waals surface area contributed by atoms with Gasteiger partial charge in [0.2, 0.25) is 0 Å². The third-order valence-electron chi connectivity index (χ3n) is 14.6. The summed E-state index contributed by atoms with van der Waals surface area (Å²) in [5.74, 6) is 2.06. The van der Waals surface area contributed by atoms with E-state index in [2.05, 4.69) is 247 Å². The second kappa shape index (κ2) is 18.1. The molecule has 0 fully saturated rings. The number of pyridine rings is 1. The van der Waals surface area contributed by atoms with Gasteiger partial charge in [-0.25, -0.2) is 4.98 Å². The summed E-state index contributed by atoms with van der Waals surface area (Å²) in [5, 5.41) is 2.27. The molecule has 0 unspecified atom stereocenters. The van der Waals surface area contributed by atoms with Crippen molar-refractivity contribution < 1.29 is 25.8 Å². The van der Waals surface area contributed by atoms with Crippen molar-refractivity contribution in [2.45, 2.75) is 85.0 Å². The first-order valence-electron chi connectivity index (χ1n) is 25.2. The van der Waals surface area contributed by atoms with Gasteiger partial charge in [-0.1, -0.05) is 183 Å². The first-order chi connectivity index (χ1) is 34.6. The van der Waals surface area contributed by atoms with Gasteiger partial charge in [-0.3, -0.25) is 0 Å². The molecule has 0 saturated carbocycles. The maximum absolute atomic E-state index is 6.83. The first kappa shape index (κ1) is 48.1. The molecule has 0 amide bonds. The van der Waals surface area contributed by atoms with Crippen molar-refractivity contribution in [1.29, 1.82) is 0 Å². The standard InChI is InChI=1S/C67H59N4O.Pt/c1-65(2,3)47-33-34-68-61(39-47)71-60-41-52(30-32-56(60)57-31-29-45-35-44-21-13-14-24-53(44)62(45)64(57)71)72-51-23-17-22-50(40-51)69-42-70(59-28-16-15-27-58(59)69)63-54(43-19-11-10-12-20-43)25-18-26-55(63)46-36-48(66(4,5)6)38-49(37-46)67(7,8)9;/h10-34,36-39,42H,35H2,1-9H3;/q-3;. The Labute approximate surface area is 445 Å². The Balaban J connectivity index is 0.00000574. The molecule has 10 aromatic rings. The zero-order valence-corrected chi connectivity index (χ0v) is 45.3. The van der Waals surface area contributed by atoms with Crippen LogP contribution in [0.1, 0.15) is 90.1 Å². The van der Waals surface area contributed by atoms with Crippen LogP contribution in [0.2, 0.25) is 0 Å². The number of benzene rings is 8. The van der Waals surface area contributed by atoms with Crippen LogP contribution >= 0.6 is 0 Å². The summed E-state index contributed by atoms with van der Waals surface area (Å²) >= 11 is 0. The normalized spacial score (nSPS) is 13.3. The smallest absolute Gasteiger partial charge is 0.135 e. The van der Waals surface area contributed by atoms with Gasteiger partial charge < -0.3 is 19.1 Å². The minimum absolute atomic E-state index is 0. The molecule has 0 atom stereocenters. The van der Waals surface area contributed by atoms with Gasteiger partial charge in [0.15, 0.2) is 0 Å². The molecular weight excluding hydrogens is 1070 g/mol. The van der Waals surface area contributed by atoms with Crippen LogP contribution in [0, 0.1) is 18.8 Å². The van der Waals surface area contributed by atoms with E-state index in [4.69, 9.17) is 9.72 Å². The summed E-state index contributed by atoms with van der Waals surface area (Å²) < 4.78 is 9.14. The molecule has 3 heterocycles. The van der Waals surface area contributed by atoms with E-state index in [-0.39, 0.29) is 37.3 Å². The van der Waals surface area contributed by atoms with Crippen LogP contribution in [0.3, 0.4) is 0 Å². The predicted octanol–water partition coefficient (Wildman–Crippen LogP) is 17.8. The van der Waals surface area contributed by atoms with Crippen LogP contribution in [-0.4, -0.2) is 9.55 Å². The third kappa shape index (κ3) is 8.56. The van der Waals surface area contributed by atoms with Gasteiger partial charge in [0.25, 0.3) is 0 Å². The minimum Gasteiger partial charge on any atom is -0.509 e. The molecule has 0 bridgehead atoms. The summed E-state index contributed by atoms with van der Waals surface area (Å²) in [5.41, 5.74) is 19.8. The van der Waals surface area contributed by atoms with Gasteiger partial charge >= 0.3 is 0 Å². The number of hydrogen-bond donors (Lipinski definition) is 0. The van der Waals surface area contributed by atoms with Crippen LogP contribution in [0.4, 0.5) is 22.7 Å². The Hall–Kier alpha value is -7.20. The van der Waals surface area contributed by atoms with Crippen LogP contribution in [0.25, 0.3) is 61.0 Å². The molecular formula is C67H59N4OPt-3. The Bertz CT molecular complexity index is 3720. The first-order valence-corrected chi connectivity index (χ1v) is 25.2. The van der Waals surface area contributed by atoms with Gasteiger partial charge in [-0.15, -0.1) is 48.1 Å². The fourth-order valence-corrected chi connectivity index (χ4v) is 10.7. The summed E-state index contributed by atoms with van der Waals surface area (Å²) in [4.78, 5) is 9.65. The molecule has 1 aliphatic heterocycles. The summed E-state index contributed by atoms with van der Waals surface area (Å²) in [6.45, 7) is 22.8. The van der Waals surface area contributed by atoms with Gasteiger partial charge in [0, 0.05) is 78.0 Å². The van der Waals surface area contributed by atoms with E-state index in [9.17, 15) is 0 Å². The molecule has 0 spiro atoms. The third-order valence-corrected chi connectivity index (χ3v) is 14.6. The molecule has 2 aliphatic rings. The molecule has 0 saturated heterocycles. The van der Waals surface area contributed by atoms with Crippen molar-refractivity contribution in [3.63, 3.8) is 0 Å². The molecule has 2 aromatic heterocycles. The van der Waals surface area contributed by atoms with Crippen molar-refractivity contribution in [3.05, 3.63) is 223 Å². The van der Waals surface area contributed by atoms with Gasteiger partial charge in [0.1, 0.15) is 5.82 Å². The van der Waals surface area contributed by atoms with Crippen LogP contribution < -0.4 is 14.5 Å². The molecule has 1 aliphatic carbocycles. The number of ether oxygens (including phenoxy) is 1. The van der Waals surface area contributed by atoms with Crippen molar-refractivity contribution in [2.75, 3.05) is 9.80 Å². The fourth-order valence-electron chi connectivity index (χ4n) is 10.7. The second-order valence-electron chi connectivity index (χ2n) is 22.6. The van der Waals surface area contributed by atoms with E-state index in [0.717, 1.165) is 62.5 Å². The Kier molecular flexibility index (Phi) is 11.9. The Morgan fingerprint density at radius 3 is 1.85 bits per heavy atom. The number of nitrogens with zero attached hydrogens (tertiary/aromatic N) is 4. The average Bonchev–Trinajstić information content (AvgIpc) is 4.05. The number of hydrogen-bond acceptors (Lipinski definition) is 4. The van der Waals surface area contributed by atoms with E-state index < -0.39 is 0 Å². The number of para-hydroxylation sites is 3. The predicted molar refractivity (Wildman–Crippen MR) is 299 cm³/mol.